The highest BCUT2D eigenvalue weighted by molar-refractivity contribution is 8.03. The molecule has 1 unspecified atom stereocenters. The fourth-order valence-corrected chi connectivity index (χ4v) is 8.63. The number of nitrogens with one attached hydrogen (secondary N) is 1. The number of carbonyl (C=O) groups excluding carboxylic acids is 3. The first-order chi connectivity index (χ1) is 25.2. The van der Waals surface area contributed by atoms with E-state index < -0.39 is 75.1 Å². The van der Waals surface area contributed by atoms with Gasteiger partial charge in [-0.05, 0) is 61.1 Å². The van der Waals surface area contributed by atoms with E-state index in [0.29, 0.717) is 22.5 Å². The molecule has 2 saturated heterocycles. The highest BCUT2D eigenvalue weighted by atomic mass is 32.2. The van der Waals surface area contributed by atoms with Gasteiger partial charge in [0, 0.05) is 66.1 Å². The van der Waals surface area contributed by atoms with Crippen LogP contribution in [0, 0.1) is 38.0 Å². The molecule has 3 aliphatic rings. The summed E-state index contributed by atoms with van der Waals surface area (Å²) < 4.78 is 10.9. The number of benzene rings is 2. The number of hydrogen-bond donors (Lipinski definition) is 4. The van der Waals surface area contributed by atoms with Gasteiger partial charge in [0.15, 0.2) is 0 Å². The Labute approximate surface area is 307 Å². The van der Waals surface area contributed by atoms with E-state index in [9.17, 15) is 54.7 Å². The molecule has 3 heterocycles. The summed E-state index contributed by atoms with van der Waals surface area (Å²) in [6.45, 7) is 2.65. The third-order valence-electron chi connectivity index (χ3n) is 9.72. The molecule has 3 aliphatic heterocycles. The molecule has 0 aromatic heterocycles. The van der Waals surface area contributed by atoms with Crippen molar-refractivity contribution in [2.24, 2.45) is 17.8 Å². The van der Waals surface area contributed by atoms with Crippen LogP contribution in [0.4, 0.5) is 21.0 Å². The normalized spacial score (nSPS) is 23.2. The topological polar surface area (TPSA) is 252 Å². The molecule has 7 atom stereocenters. The number of alkyl carbamates (subject to hydrolysis) is 1. The van der Waals surface area contributed by atoms with Crippen LogP contribution in [-0.2, 0) is 32.3 Å². The van der Waals surface area contributed by atoms with Gasteiger partial charge in [0.25, 0.3) is 11.4 Å². The van der Waals surface area contributed by atoms with Crippen LogP contribution >= 0.6 is 11.8 Å². The van der Waals surface area contributed by atoms with Gasteiger partial charge in [-0.1, -0.05) is 6.92 Å². The van der Waals surface area contributed by atoms with Gasteiger partial charge in [0.2, 0.25) is 5.91 Å². The van der Waals surface area contributed by atoms with E-state index in [-0.39, 0.29) is 56.4 Å². The number of thioether (sulfide) groups is 1. The van der Waals surface area contributed by atoms with Crippen LogP contribution in [-0.4, -0.2) is 102 Å². The monoisotopic (exact) mass is 757 g/mol. The summed E-state index contributed by atoms with van der Waals surface area (Å²) in [5, 5.41) is 54.6. The molecule has 18 nitrogen and oxygen atoms in total. The smallest absolute Gasteiger partial charge is 0.410 e. The molecular formula is C34H39N5O13S. The van der Waals surface area contributed by atoms with Gasteiger partial charge in [-0.25, -0.2) is 14.4 Å². The minimum absolute atomic E-state index is 0.0340. The highest BCUT2D eigenvalue weighted by Crippen LogP contribution is 2.52. The third kappa shape index (κ3) is 8.52. The van der Waals surface area contributed by atoms with Gasteiger partial charge in [0.05, 0.1) is 27.9 Å². The molecule has 0 bridgehead atoms. The number of aliphatic carboxylic acids is 1. The van der Waals surface area contributed by atoms with Crippen molar-refractivity contribution in [3.05, 3.63) is 90.5 Å². The first kappa shape index (κ1) is 38.9. The molecule has 0 radical (unpaired) electrons. The number of rotatable bonds is 15. The van der Waals surface area contributed by atoms with Crippen molar-refractivity contribution in [3.8, 4) is 0 Å². The van der Waals surface area contributed by atoms with Gasteiger partial charge in [0.1, 0.15) is 18.9 Å². The molecule has 19 heteroatoms. The van der Waals surface area contributed by atoms with Crippen LogP contribution < -0.4 is 5.32 Å². The second kappa shape index (κ2) is 16.6. The van der Waals surface area contributed by atoms with Crippen LogP contribution in [0.1, 0.15) is 37.8 Å². The average Bonchev–Trinajstić information content (AvgIpc) is 3.65. The van der Waals surface area contributed by atoms with Crippen LogP contribution in [0.2, 0.25) is 0 Å². The summed E-state index contributed by atoms with van der Waals surface area (Å²) in [7, 11) is 0. The van der Waals surface area contributed by atoms with E-state index in [4.69, 9.17) is 9.47 Å². The van der Waals surface area contributed by atoms with Crippen molar-refractivity contribution in [2.45, 2.75) is 63.3 Å². The van der Waals surface area contributed by atoms with E-state index in [1.165, 1.54) is 77.0 Å². The molecule has 4 N–H and O–H groups in total. The van der Waals surface area contributed by atoms with Crippen molar-refractivity contribution in [2.75, 3.05) is 19.7 Å². The number of aliphatic hydroxyl groups is 2. The third-order valence-corrected chi connectivity index (χ3v) is 11.2. The fraction of sp³-hybridized carbons (Fsp3) is 0.471. The quantitative estimate of drug-likeness (QED) is 0.115. The fourth-order valence-electron chi connectivity index (χ4n) is 7.09. The molecular weight excluding hydrogens is 718 g/mol. The number of hydrogen-bond acceptors (Lipinski definition) is 13. The lowest BCUT2D eigenvalue weighted by Crippen LogP contribution is -2.63. The minimum Gasteiger partial charge on any atom is -0.477 e. The summed E-state index contributed by atoms with van der Waals surface area (Å²) in [6, 6.07) is 9.81. The van der Waals surface area contributed by atoms with Crippen molar-refractivity contribution < 1.29 is 53.8 Å². The predicted molar refractivity (Wildman–Crippen MR) is 186 cm³/mol. The Hall–Kier alpha value is -5.27. The Kier molecular flexibility index (Phi) is 12.2. The maximum Gasteiger partial charge on any atom is 0.410 e. The number of nitrogens with zero attached hydrogens (tertiary/aromatic N) is 4. The molecule has 5 rings (SSSR count). The van der Waals surface area contributed by atoms with Gasteiger partial charge < -0.3 is 39.9 Å². The van der Waals surface area contributed by atoms with Gasteiger partial charge >= 0.3 is 18.2 Å². The Morgan fingerprint density at radius 2 is 1.57 bits per heavy atom. The number of fused-ring (bicyclic) bond motifs is 1. The largest absolute Gasteiger partial charge is 0.477 e. The van der Waals surface area contributed by atoms with E-state index >= 15 is 0 Å². The van der Waals surface area contributed by atoms with Crippen LogP contribution in [0.15, 0.2) is 59.1 Å². The number of nitro groups is 2. The van der Waals surface area contributed by atoms with Crippen LogP contribution in [0.5, 0.6) is 0 Å². The first-order valence-electron chi connectivity index (χ1n) is 16.8. The molecule has 0 aliphatic carbocycles. The lowest BCUT2D eigenvalue weighted by molar-refractivity contribution is -0.385. The number of aliphatic hydroxyl groups excluding tert-OH is 2. The number of ether oxygens (including phenoxy) is 2. The SMILES string of the molecule is C[C@@H](O)[C@H]1C(=O)N2C(C(=O)O)=C(S[C@H]3C[C@@H](C(CCO)CNC(=O)OCc4ccc([N+](=O)[O-])cc4)N(C(=O)OCc4ccc([N+](=O)[O-])cc4)C3)[C@H](C)[C@H]12. The second-order valence-electron chi connectivity index (χ2n) is 13.1. The summed E-state index contributed by atoms with van der Waals surface area (Å²) in [6.07, 6.45) is -2.07. The number of likely N-dealkylation sites (tertiary alicyclic amines) is 1. The predicted octanol–water partition coefficient (Wildman–Crippen LogP) is 3.39. The standard InChI is InChI=1S/C34H39N5O13S/c1-18-28-27(19(2)41)31(42)37(28)29(32(43)44)30(18)53-25-13-26(36(15-25)34(46)52-17-21-5-9-24(10-6-21)39(49)50)22(11-12-40)14-35-33(45)51-16-20-3-7-23(8-4-20)38(47)48/h3-10,18-19,22,25-28,40-41H,11-17H2,1-2H3,(H,35,45)(H,43,44)/t18-,19-,22?,25+,26+,27-,28-/m1/s1. The van der Waals surface area contributed by atoms with Gasteiger partial charge in [-0.3, -0.25) is 25.0 Å². The van der Waals surface area contributed by atoms with Crippen LogP contribution in [0.3, 0.4) is 0 Å². The number of carbonyl (C=O) groups is 4. The van der Waals surface area contributed by atoms with Crippen molar-refractivity contribution in [3.63, 3.8) is 0 Å². The summed E-state index contributed by atoms with van der Waals surface area (Å²) in [5.74, 6) is -3.45. The van der Waals surface area contributed by atoms with E-state index in [1.54, 1.807) is 6.92 Å². The molecule has 2 aromatic rings. The summed E-state index contributed by atoms with van der Waals surface area (Å²) in [4.78, 5) is 75.6. The number of amides is 3. The molecule has 53 heavy (non-hydrogen) atoms. The number of non-ortho nitro benzene ring substituents is 2. The molecule has 2 aromatic carbocycles. The Bertz CT molecular complexity index is 1770. The zero-order chi connectivity index (χ0) is 38.6. The van der Waals surface area contributed by atoms with Gasteiger partial charge in [-0.15, -0.1) is 11.8 Å². The average molecular weight is 758 g/mol. The van der Waals surface area contributed by atoms with Crippen molar-refractivity contribution in [1.29, 1.82) is 0 Å². The number of nitro benzene ring substituents is 2. The zero-order valence-electron chi connectivity index (χ0n) is 28.7. The molecule has 3 amide bonds. The second-order valence-corrected chi connectivity index (χ2v) is 14.4. The van der Waals surface area contributed by atoms with Crippen LogP contribution in [0.25, 0.3) is 0 Å². The summed E-state index contributed by atoms with van der Waals surface area (Å²) in [5.41, 5.74) is 0.599. The minimum atomic E-state index is -1.29. The summed E-state index contributed by atoms with van der Waals surface area (Å²) >= 11 is 1.23. The first-order valence-corrected chi connectivity index (χ1v) is 17.7. The Morgan fingerprint density at radius 3 is 2.08 bits per heavy atom. The Morgan fingerprint density at radius 1 is 1.00 bits per heavy atom. The molecule has 0 saturated carbocycles. The number of carboxylic acids is 1. The molecule has 0 spiro atoms. The molecule has 2 fully saturated rings. The van der Waals surface area contributed by atoms with E-state index in [1.807, 2.05) is 0 Å². The van der Waals surface area contributed by atoms with E-state index in [0.717, 1.165) is 0 Å². The lowest BCUT2D eigenvalue weighted by atomic mass is 9.79. The maximum absolute atomic E-state index is 13.7. The van der Waals surface area contributed by atoms with E-state index in [2.05, 4.69) is 5.32 Å². The number of β-lactam (4-membered cyclic amide) rings is 1. The maximum atomic E-state index is 13.7. The molecule has 284 valence electrons. The zero-order valence-corrected chi connectivity index (χ0v) is 29.5. The highest BCUT2D eigenvalue weighted by Gasteiger charge is 2.60. The number of carboxylic acid groups (broad SMARTS) is 1. The lowest BCUT2D eigenvalue weighted by Gasteiger charge is -2.46. The van der Waals surface area contributed by atoms with Crippen molar-refractivity contribution in [1.82, 2.24) is 15.1 Å². The van der Waals surface area contributed by atoms with Gasteiger partial charge in [-0.2, -0.15) is 0 Å². The van der Waals surface area contributed by atoms with Crippen molar-refractivity contribution >= 4 is 47.2 Å². The Balaban J connectivity index is 1.31.